The lowest BCUT2D eigenvalue weighted by Gasteiger charge is -2.12. The van der Waals surface area contributed by atoms with Crippen molar-refractivity contribution in [2.45, 2.75) is 17.9 Å². The zero-order chi connectivity index (χ0) is 16.3. The number of nitrogens with one attached hydrogen (secondary N) is 2. The zero-order valence-corrected chi connectivity index (χ0v) is 14.3. The van der Waals surface area contributed by atoms with Crippen molar-refractivity contribution in [3.63, 3.8) is 0 Å². The number of halogens is 1. The van der Waals surface area contributed by atoms with Crippen LogP contribution in [-0.4, -0.2) is 21.4 Å². The second kappa shape index (κ2) is 6.78. The van der Waals surface area contributed by atoms with E-state index in [4.69, 9.17) is 11.6 Å². The van der Waals surface area contributed by atoms with E-state index in [2.05, 4.69) is 10.0 Å². The fourth-order valence-electron chi connectivity index (χ4n) is 1.82. The summed E-state index contributed by atoms with van der Waals surface area (Å²) in [4.78, 5) is 13.2. The van der Waals surface area contributed by atoms with Crippen LogP contribution in [-0.2, 0) is 10.0 Å². The summed E-state index contributed by atoms with van der Waals surface area (Å²) in [5, 5.41) is 2.85. The molecule has 2 aromatic rings. The molecule has 8 heteroatoms. The van der Waals surface area contributed by atoms with Gasteiger partial charge in [0.15, 0.2) is 0 Å². The first kappa shape index (κ1) is 17.0. The van der Waals surface area contributed by atoms with Crippen LogP contribution in [0.3, 0.4) is 0 Å². The smallest absolute Gasteiger partial charge is 0.251 e. The lowest BCUT2D eigenvalue weighted by Crippen LogP contribution is -2.26. The minimum Gasteiger partial charge on any atom is -0.345 e. The number of sulfonamides is 1. The van der Waals surface area contributed by atoms with Crippen LogP contribution in [0.25, 0.3) is 0 Å². The average molecular weight is 359 g/mol. The first-order valence-electron chi connectivity index (χ1n) is 6.43. The van der Waals surface area contributed by atoms with Crippen molar-refractivity contribution in [3.8, 4) is 0 Å². The van der Waals surface area contributed by atoms with E-state index in [0.717, 1.165) is 4.88 Å². The Bertz CT molecular complexity index is 770. The molecule has 1 aromatic carbocycles. The molecule has 2 N–H and O–H groups in total. The lowest BCUT2D eigenvalue weighted by molar-refractivity contribution is 0.0940. The second-order valence-electron chi connectivity index (χ2n) is 4.57. The van der Waals surface area contributed by atoms with E-state index in [1.165, 1.54) is 42.6 Å². The second-order valence-corrected chi connectivity index (χ2v) is 8.20. The molecule has 118 valence electrons. The van der Waals surface area contributed by atoms with E-state index in [-0.39, 0.29) is 16.8 Å². The highest BCUT2D eigenvalue weighted by Gasteiger charge is 2.15. The summed E-state index contributed by atoms with van der Waals surface area (Å²) in [6.45, 7) is 1.86. The van der Waals surface area contributed by atoms with Gasteiger partial charge in [-0.1, -0.05) is 11.6 Å². The van der Waals surface area contributed by atoms with Gasteiger partial charge < -0.3 is 5.32 Å². The summed E-state index contributed by atoms with van der Waals surface area (Å²) >= 11 is 7.28. The Kier molecular flexibility index (Phi) is 5.23. The van der Waals surface area contributed by atoms with Gasteiger partial charge in [-0.25, -0.2) is 13.1 Å². The molecule has 0 aliphatic heterocycles. The topological polar surface area (TPSA) is 75.3 Å². The Morgan fingerprint density at radius 3 is 2.32 bits per heavy atom. The fraction of sp³-hybridized carbons (Fsp3) is 0.214. The number of carbonyl (C=O) groups is 1. The number of thiophene rings is 1. The highest BCUT2D eigenvalue weighted by atomic mass is 35.5. The van der Waals surface area contributed by atoms with E-state index < -0.39 is 10.0 Å². The van der Waals surface area contributed by atoms with E-state index in [1.807, 2.05) is 13.0 Å². The summed E-state index contributed by atoms with van der Waals surface area (Å²) in [5.41, 5.74) is 0.393. The van der Waals surface area contributed by atoms with Gasteiger partial charge in [-0.3, -0.25) is 4.79 Å². The Labute approximate surface area is 138 Å². The molecule has 1 aromatic heterocycles. The van der Waals surface area contributed by atoms with Crippen molar-refractivity contribution >= 4 is 38.9 Å². The third-order valence-electron chi connectivity index (χ3n) is 3.06. The SMILES string of the molecule is CNS(=O)(=O)c1ccc(C(=O)NC(C)c2ccc(Cl)s2)cc1. The molecule has 0 fully saturated rings. The van der Waals surface area contributed by atoms with Gasteiger partial charge in [-0.15, -0.1) is 11.3 Å². The molecule has 2 rings (SSSR count). The highest BCUT2D eigenvalue weighted by Crippen LogP contribution is 2.26. The molecular weight excluding hydrogens is 344 g/mol. The van der Waals surface area contributed by atoms with Crippen LogP contribution in [0.4, 0.5) is 0 Å². The predicted molar refractivity (Wildman–Crippen MR) is 87.9 cm³/mol. The molecule has 22 heavy (non-hydrogen) atoms. The Balaban J connectivity index is 2.10. The van der Waals surface area contributed by atoms with Crippen LogP contribution >= 0.6 is 22.9 Å². The fourth-order valence-corrected chi connectivity index (χ4v) is 3.61. The zero-order valence-electron chi connectivity index (χ0n) is 12.0. The maximum absolute atomic E-state index is 12.2. The van der Waals surface area contributed by atoms with Crippen molar-refractivity contribution in [1.29, 1.82) is 0 Å². The van der Waals surface area contributed by atoms with Crippen LogP contribution in [0.1, 0.15) is 28.2 Å². The van der Waals surface area contributed by atoms with Gasteiger partial charge >= 0.3 is 0 Å². The van der Waals surface area contributed by atoms with Crippen molar-refractivity contribution in [2.75, 3.05) is 7.05 Å². The summed E-state index contributed by atoms with van der Waals surface area (Å²) in [6, 6.07) is 9.22. The number of rotatable bonds is 5. The Morgan fingerprint density at radius 1 is 1.18 bits per heavy atom. The summed E-state index contributed by atoms with van der Waals surface area (Å²) in [6.07, 6.45) is 0. The van der Waals surface area contributed by atoms with Gasteiger partial charge in [0.25, 0.3) is 5.91 Å². The average Bonchev–Trinajstić information content (AvgIpc) is 2.94. The van der Waals surface area contributed by atoms with E-state index in [9.17, 15) is 13.2 Å². The number of hydrogen-bond donors (Lipinski definition) is 2. The monoisotopic (exact) mass is 358 g/mol. The number of amides is 1. The largest absolute Gasteiger partial charge is 0.345 e. The molecule has 0 saturated heterocycles. The maximum atomic E-state index is 12.2. The molecule has 0 bridgehead atoms. The molecule has 0 spiro atoms. The highest BCUT2D eigenvalue weighted by molar-refractivity contribution is 7.89. The van der Waals surface area contributed by atoms with Crippen molar-refractivity contribution in [3.05, 3.63) is 51.2 Å². The first-order chi connectivity index (χ1) is 10.3. The molecule has 1 atom stereocenters. The molecule has 0 saturated carbocycles. The maximum Gasteiger partial charge on any atom is 0.251 e. The number of benzene rings is 1. The predicted octanol–water partition coefficient (Wildman–Crippen LogP) is 2.80. The van der Waals surface area contributed by atoms with Gasteiger partial charge in [0.1, 0.15) is 0 Å². The molecule has 1 unspecified atom stereocenters. The molecule has 0 aliphatic carbocycles. The van der Waals surface area contributed by atoms with Crippen LogP contribution in [0.5, 0.6) is 0 Å². The lowest BCUT2D eigenvalue weighted by atomic mass is 10.2. The third kappa shape index (κ3) is 3.86. The first-order valence-corrected chi connectivity index (χ1v) is 9.11. The molecular formula is C14H15ClN2O3S2. The molecule has 5 nitrogen and oxygen atoms in total. The molecule has 0 aliphatic rings. The van der Waals surface area contributed by atoms with E-state index >= 15 is 0 Å². The van der Waals surface area contributed by atoms with Gasteiger partial charge in [-0.05, 0) is 50.4 Å². The molecule has 1 amide bonds. The van der Waals surface area contributed by atoms with Gasteiger partial charge in [0, 0.05) is 10.4 Å². The Hall–Kier alpha value is -1.41. The van der Waals surface area contributed by atoms with E-state index in [1.54, 1.807) is 6.07 Å². The standard InChI is InChI=1S/C14H15ClN2O3S2/c1-9(12-7-8-13(15)21-12)17-14(18)10-3-5-11(6-4-10)22(19,20)16-2/h3-9,16H,1-2H3,(H,17,18). The van der Waals surface area contributed by atoms with Gasteiger partial charge in [0.2, 0.25) is 10.0 Å². The van der Waals surface area contributed by atoms with Gasteiger partial charge in [0.05, 0.1) is 15.3 Å². The third-order valence-corrected chi connectivity index (χ3v) is 5.91. The van der Waals surface area contributed by atoms with Crippen LogP contribution in [0.2, 0.25) is 4.34 Å². The molecule has 1 heterocycles. The van der Waals surface area contributed by atoms with Gasteiger partial charge in [-0.2, -0.15) is 0 Å². The normalized spacial score (nSPS) is 12.9. The summed E-state index contributed by atoms with van der Waals surface area (Å²) in [7, 11) is -2.16. The van der Waals surface area contributed by atoms with Crippen LogP contribution < -0.4 is 10.0 Å². The quantitative estimate of drug-likeness (QED) is 0.863. The number of carbonyl (C=O) groups excluding carboxylic acids is 1. The van der Waals surface area contributed by atoms with Crippen LogP contribution in [0.15, 0.2) is 41.3 Å². The van der Waals surface area contributed by atoms with Crippen molar-refractivity contribution in [2.24, 2.45) is 0 Å². The molecule has 0 radical (unpaired) electrons. The minimum atomic E-state index is -3.50. The number of hydrogen-bond acceptors (Lipinski definition) is 4. The van der Waals surface area contributed by atoms with Crippen LogP contribution in [0, 0.1) is 0 Å². The summed E-state index contributed by atoms with van der Waals surface area (Å²) in [5.74, 6) is -0.273. The minimum absolute atomic E-state index is 0.115. The summed E-state index contributed by atoms with van der Waals surface area (Å²) < 4.78 is 26.1. The van der Waals surface area contributed by atoms with Crippen molar-refractivity contribution < 1.29 is 13.2 Å². The van der Waals surface area contributed by atoms with E-state index in [0.29, 0.717) is 9.90 Å². The Morgan fingerprint density at radius 2 is 1.82 bits per heavy atom. The van der Waals surface area contributed by atoms with Crippen molar-refractivity contribution in [1.82, 2.24) is 10.0 Å².